The topological polar surface area (TPSA) is 106 Å². The van der Waals surface area contributed by atoms with E-state index in [0.717, 1.165) is 0 Å². The smallest absolute Gasteiger partial charge is 0.265 e. The highest BCUT2D eigenvalue weighted by molar-refractivity contribution is 7.92. The molecular formula is C15H12ClN3O3S2. The van der Waals surface area contributed by atoms with Crippen molar-refractivity contribution in [2.75, 3.05) is 5.75 Å². The third-order valence-electron chi connectivity index (χ3n) is 3.41. The summed E-state index contributed by atoms with van der Waals surface area (Å²) in [6.45, 7) is 3.47. The molecule has 0 aliphatic rings. The Balaban J connectivity index is 2.52. The van der Waals surface area contributed by atoms with E-state index in [1.165, 1.54) is 23.5 Å². The maximum atomic E-state index is 12.7. The number of amides is 1. The summed E-state index contributed by atoms with van der Waals surface area (Å²) in [5, 5.41) is 2.58. The van der Waals surface area contributed by atoms with Crippen LogP contribution in [0.1, 0.15) is 10.5 Å². The minimum absolute atomic E-state index is 0.0597. The van der Waals surface area contributed by atoms with Crippen LogP contribution in [0.25, 0.3) is 21.5 Å². The van der Waals surface area contributed by atoms with Crippen LogP contribution in [0, 0.1) is 0 Å². The van der Waals surface area contributed by atoms with Crippen molar-refractivity contribution in [1.82, 2.24) is 9.97 Å². The quantitative estimate of drug-likeness (QED) is 0.662. The molecule has 2 aromatic heterocycles. The fraction of sp³-hybridized carbons (Fsp3) is 0.0667. The molecule has 2 heterocycles. The van der Waals surface area contributed by atoms with Gasteiger partial charge in [-0.05, 0) is 12.1 Å². The Morgan fingerprint density at radius 3 is 2.79 bits per heavy atom. The van der Waals surface area contributed by atoms with Crippen molar-refractivity contribution in [2.45, 2.75) is 4.90 Å². The Labute approximate surface area is 146 Å². The number of hydrogen-bond donors (Lipinski definition) is 2. The number of benzene rings is 1. The second kappa shape index (κ2) is 6.04. The third-order valence-corrected chi connectivity index (χ3v) is 6.35. The number of nitrogens with zero attached hydrogens (tertiary/aromatic N) is 1. The van der Waals surface area contributed by atoms with E-state index in [1.54, 1.807) is 17.6 Å². The SMILES string of the molecule is C=CCS(=O)(=O)c1c(Cl)ccc2[nH]c(C(N)=O)c(-c3nccs3)c12. The van der Waals surface area contributed by atoms with Crippen LogP contribution in [0.2, 0.25) is 5.02 Å². The zero-order valence-electron chi connectivity index (χ0n) is 12.2. The van der Waals surface area contributed by atoms with Gasteiger partial charge in [-0.2, -0.15) is 0 Å². The Morgan fingerprint density at radius 1 is 1.46 bits per heavy atom. The minimum Gasteiger partial charge on any atom is -0.364 e. The first kappa shape index (κ1) is 16.7. The van der Waals surface area contributed by atoms with Crippen LogP contribution in [-0.4, -0.2) is 30.0 Å². The van der Waals surface area contributed by atoms with Crippen molar-refractivity contribution in [3.8, 4) is 10.6 Å². The van der Waals surface area contributed by atoms with E-state index in [9.17, 15) is 13.2 Å². The maximum Gasteiger partial charge on any atom is 0.265 e. The number of aromatic amines is 1. The van der Waals surface area contributed by atoms with Gasteiger partial charge < -0.3 is 10.7 Å². The van der Waals surface area contributed by atoms with E-state index in [0.29, 0.717) is 21.5 Å². The molecule has 0 fully saturated rings. The van der Waals surface area contributed by atoms with Gasteiger partial charge in [0, 0.05) is 22.5 Å². The number of rotatable bonds is 5. The number of sulfone groups is 1. The van der Waals surface area contributed by atoms with E-state index < -0.39 is 15.7 Å². The molecule has 0 unspecified atom stereocenters. The zero-order chi connectivity index (χ0) is 17.5. The first-order chi connectivity index (χ1) is 11.4. The number of nitrogens with one attached hydrogen (secondary N) is 1. The molecule has 3 rings (SSSR count). The lowest BCUT2D eigenvalue weighted by atomic mass is 10.1. The molecule has 24 heavy (non-hydrogen) atoms. The lowest BCUT2D eigenvalue weighted by Crippen LogP contribution is -2.12. The molecule has 3 aromatic rings. The van der Waals surface area contributed by atoms with Gasteiger partial charge in [0.2, 0.25) is 0 Å². The van der Waals surface area contributed by atoms with E-state index >= 15 is 0 Å². The zero-order valence-corrected chi connectivity index (χ0v) is 14.6. The van der Waals surface area contributed by atoms with Crippen molar-refractivity contribution >= 4 is 49.6 Å². The number of carbonyl (C=O) groups is 1. The molecular weight excluding hydrogens is 370 g/mol. The molecule has 6 nitrogen and oxygen atoms in total. The van der Waals surface area contributed by atoms with Crippen LogP contribution in [0.15, 0.2) is 41.3 Å². The summed E-state index contributed by atoms with van der Waals surface area (Å²) >= 11 is 7.45. The highest BCUT2D eigenvalue weighted by Gasteiger charge is 2.28. The Morgan fingerprint density at radius 2 is 2.21 bits per heavy atom. The Bertz CT molecular complexity index is 1050. The molecule has 0 saturated carbocycles. The fourth-order valence-corrected chi connectivity index (χ4v) is 5.09. The molecule has 3 N–H and O–H groups in total. The molecule has 1 amide bonds. The van der Waals surface area contributed by atoms with E-state index in [2.05, 4.69) is 16.5 Å². The molecule has 0 aliphatic carbocycles. The minimum atomic E-state index is -3.74. The molecule has 0 spiro atoms. The van der Waals surface area contributed by atoms with Gasteiger partial charge in [-0.15, -0.1) is 17.9 Å². The second-order valence-corrected chi connectivity index (χ2v) is 8.22. The molecule has 0 bridgehead atoms. The van der Waals surface area contributed by atoms with Gasteiger partial charge in [-0.3, -0.25) is 4.79 Å². The van der Waals surface area contributed by atoms with Crippen molar-refractivity contribution in [3.05, 3.63) is 47.1 Å². The number of aromatic nitrogens is 2. The molecule has 0 radical (unpaired) electrons. The molecule has 0 aliphatic heterocycles. The summed E-state index contributed by atoms with van der Waals surface area (Å²) in [6, 6.07) is 3.07. The fourth-order valence-electron chi connectivity index (χ4n) is 2.52. The lowest BCUT2D eigenvalue weighted by Gasteiger charge is -2.08. The average molecular weight is 382 g/mol. The first-order valence-electron chi connectivity index (χ1n) is 6.74. The van der Waals surface area contributed by atoms with Gasteiger partial charge in [-0.25, -0.2) is 13.4 Å². The van der Waals surface area contributed by atoms with E-state index in [4.69, 9.17) is 17.3 Å². The number of carbonyl (C=O) groups excluding carboxylic acids is 1. The summed E-state index contributed by atoms with van der Waals surface area (Å²) in [4.78, 5) is 18.8. The third kappa shape index (κ3) is 2.62. The summed E-state index contributed by atoms with van der Waals surface area (Å²) in [7, 11) is -3.74. The largest absolute Gasteiger partial charge is 0.364 e. The summed E-state index contributed by atoms with van der Waals surface area (Å²) in [5.41, 5.74) is 6.33. The van der Waals surface area contributed by atoms with Crippen molar-refractivity contribution in [1.29, 1.82) is 0 Å². The molecule has 1 aromatic carbocycles. The Hall–Kier alpha value is -2.16. The number of fused-ring (bicyclic) bond motifs is 1. The average Bonchev–Trinajstić information content (AvgIpc) is 3.12. The van der Waals surface area contributed by atoms with E-state index in [1.807, 2.05) is 0 Å². The van der Waals surface area contributed by atoms with Crippen LogP contribution >= 0.6 is 22.9 Å². The van der Waals surface area contributed by atoms with Gasteiger partial charge >= 0.3 is 0 Å². The summed E-state index contributed by atoms with van der Waals surface area (Å²) < 4.78 is 25.3. The van der Waals surface area contributed by atoms with Gasteiger partial charge in [0.1, 0.15) is 10.7 Å². The molecule has 124 valence electrons. The standard InChI is InChI=1S/C15H12ClN3O3S2/c1-2-7-24(21,22)13-8(16)3-4-9-10(13)11(12(19-9)14(17)20)15-18-5-6-23-15/h2-6,19H,1,7H2,(H2,17,20). The number of H-pyrrole nitrogens is 1. The number of primary amides is 1. The normalized spacial score (nSPS) is 11.7. The van der Waals surface area contributed by atoms with Crippen molar-refractivity contribution in [3.63, 3.8) is 0 Å². The van der Waals surface area contributed by atoms with Crippen LogP contribution in [0.4, 0.5) is 0 Å². The predicted molar refractivity (Wildman–Crippen MR) is 95.2 cm³/mol. The van der Waals surface area contributed by atoms with Crippen LogP contribution < -0.4 is 5.73 Å². The van der Waals surface area contributed by atoms with Gasteiger partial charge in [0.25, 0.3) is 5.91 Å². The number of nitrogens with two attached hydrogens (primary N) is 1. The van der Waals surface area contributed by atoms with Gasteiger partial charge in [-0.1, -0.05) is 17.7 Å². The highest BCUT2D eigenvalue weighted by atomic mass is 35.5. The first-order valence-corrected chi connectivity index (χ1v) is 9.65. The van der Waals surface area contributed by atoms with Gasteiger partial charge in [0.05, 0.1) is 21.2 Å². The Kier molecular flexibility index (Phi) is 4.20. The molecule has 9 heteroatoms. The predicted octanol–water partition coefficient (Wildman–Crippen LogP) is 3.00. The number of thiazole rings is 1. The summed E-state index contributed by atoms with van der Waals surface area (Å²) in [5.74, 6) is -0.986. The maximum absolute atomic E-state index is 12.7. The van der Waals surface area contributed by atoms with Crippen molar-refractivity contribution < 1.29 is 13.2 Å². The number of hydrogen-bond acceptors (Lipinski definition) is 5. The van der Waals surface area contributed by atoms with Crippen LogP contribution in [-0.2, 0) is 9.84 Å². The monoisotopic (exact) mass is 381 g/mol. The number of halogens is 1. The highest BCUT2D eigenvalue weighted by Crippen LogP contribution is 2.40. The van der Waals surface area contributed by atoms with Gasteiger partial charge in [0.15, 0.2) is 9.84 Å². The van der Waals surface area contributed by atoms with Crippen LogP contribution in [0.3, 0.4) is 0 Å². The van der Waals surface area contributed by atoms with E-state index in [-0.39, 0.29) is 21.4 Å². The molecule has 0 atom stereocenters. The molecule has 0 saturated heterocycles. The summed E-state index contributed by atoms with van der Waals surface area (Å²) in [6.07, 6.45) is 2.85. The van der Waals surface area contributed by atoms with Crippen LogP contribution in [0.5, 0.6) is 0 Å². The lowest BCUT2D eigenvalue weighted by molar-refractivity contribution is 0.0997. The van der Waals surface area contributed by atoms with Crippen molar-refractivity contribution in [2.24, 2.45) is 5.73 Å². The second-order valence-electron chi connectivity index (χ2n) is 4.95.